The van der Waals surface area contributed by atoms with Crippen LogP contribution >= 0.6 is 0 Å². The van der Waals surface area contributed by atoms with Gasteiger partial charge in [0.2, 0.25) is 5.89 Å². The minimum Gasteiger partial charge on any atom is -0.468 e. The van der Waals surface area contributed by atoms with Crippen molar-refractivity contribution in [3.8, 4) is 0 Å². The second-order valence-corrected chi connectivity index (χ2v) is 6.17. The van der Waals surface area contributed by atoms with E-state index in [-0.39, 0.29) is 11.2 Å². The second-order valence-electron chi connectivity index (χ2n) is 4.43. The van der Waals surface area contributed by atoms with Gasteiger partial charge in [-0.1, -0.05) is 19.0 Å². The van der Waals surface area contributed by atoms with Gasteiger partial charge >= 0.3 is 0 Å². The van der Waals surface area contributed by atoms with Crippen molar-refractivity contribution >= 4 is 10.8 Å². The van der Waals surface area contributed by atoms with Crippen molar-refractivity contribution in [2.45, 2.75) is 43.8 Å². The van der Waals surface area contributed by atoms with Crippen molar-refractivity contribution in [2.75, 3.05) is 0 Å². The van der Waals surface area contributed by atoms with Gasteiger partial charge in [0.1, 0.15) is 11.0 Å². The van der Waals surface area contributed by atoms with Crippen LogP contribution in [0.25, 0.3) is 0 Å². The van der Waals surface area contributed by atoms with Crippen LogP contribution in [0.5, 0.6) is 0 Å². The summed E-state index contributed by atoms with van der Waals surface area (Å²) in [6.45, 7) is 7.56. The molecule has 0 aliphatic heterocycles. The van der Waals surface area contributed by atoms with E-state index in [1.807, 2.05) is 13.8 Å². The van der Waals surface area contributed by atoms with Gasteiger partial charge in [0.15, 0.2) is 5.82 Å². The standard InChI is InChI=1S/C12H16N2O3S/c1-7(2)11-13-12(17-14-11)9(4)18(15)10-5-6-16-8(10)3/h5-7,9H,1-4H3/t9-,18+/m0/s1. The van der Waals surface area contributed by atoms with Crippen molar-refractivity contribution in [1.29, 1.82) is 0 Å². The number of furan rings is 1. The molecule has 0 aliphatic carbocycles. The normalized spacial score (nSPS) is 14.9. The van der Waals surface area contributed by atoms with Crippen molar-refractivity contribution in [3.05, 3.63) is 29.8 Å². The Morgan fingerprint density at radius 1 is 1.33 bits per heavy atom. The Balaban J connectivity index is 2.23. The van der Waals surface area contributed by atoms with Gasteiger partial charge in [0.25, 0.3) is 0 Å². The summed E-state index contributed by atoms with van der Waals surface area (Å²) in [5.41, 5.74) is 0. The quantitative estimate of drug-likeness (QED) is 0.852. The summed E-state index contributed by atoms with van der Waals surface area (Å²) in [5, 5.41) is 3.53. The monoisotopic (exact) mass is 268 g/mol. The molecule has 18 heavy (non-hydrogen) atoms. The molecule has 0 fully saturated rings. The maximum absolute atomic E-state index is 12.3. The molecule has 2 rings (SSSR count). The average molecular weight is 268 g/mol. The van der Waals surface area contributed by atoms with Crippen LogP contribution in [0, 0.1) is 6.92 Å². The molecular weight excluding hydrogens is 252 g/mol. The summed E-state index contributed by atoms with van der Waals surface area (Å²) < 4.78 is 22.6. The van der Waals surface area contributed by atoms with E-state index in [0.29, 0.717) is 22.4 Å². The molecule has 0 radical (unpaired) electrons. The van der Waals surface area contributed by atoms with Crippen molar-refractivity contribution in [1.82, 2.24) is 10.1 Å². The molecule has 0 spiro atoms. The average Bonchev–Trinajstić information content (AvgIpc) is 2.95. The highest BCUT2D eigenvalue weighted by Crippen LogP contribution is 2.26. The minimum absolute atomic E-state index is 0.193. The van der Waals surface area contributed by atoms with Crippen molar-refractivity contribution in [3.63, 3.8) is 0 Å². The Morgan fingerprint density at radius 2 is 2.06 bits per heavy atom. The lowest BCUT2D eigenvalue weighted by molar-refractivity contribution is 0.371. The Bertz CT molecular complexity index is 559. The van der Waals surface area contributed by atoms with Crippen LogP contribution in [0.15, 0.2) is 26.2 Å². The molecule has 6 heteroatoms. The van der Waals surface area contributed by atoms with Gasteiger partial charge in [-0.3, -0.25) is 4.21 Å². The first kappa shape index (κ1) is 13.0. The fraction of sp³-hybridized carbons (Fsp3) is 0.500. The molecule has 0 bridgehead atoms. The fourth-order valence-corrected chi connectivity index (χ4v) is 2.69. The van der Waals surface area contributed by atoms with Crippen LogP contribution in [-0.4, -0.2) is 14.3 Å². The van der Waals surface area contributed by atoms with E-state index in [4.69, 9.17) is 8.94 Å². The van der Waals surface area contributed by atoms with Crippen LogP contribution in [0.1, 0.15) is 49.4 Å². The van der Waals surface area contributed by atoms with Gasteiger partial charge in [-0.2, -0.15) is 4.98 Å². The highest BCUT2D eigenvalue weighted by Gasteiger charge is 2.24. The third kappa shape index (κ3) is 2.38. The largest absolute Gasteiger partial charge is 0.468 e. The van der Waals surface area contributed by atoms with E-state index in [1.54, 1.807) is 19.9 Å². The molecule has 0 aromatic carbocycles. The van der Waals surface area contributed by atoms with Crippen molar-refractivity contribution in [2.24, 2.45) is 0 Å². The summed E-state index contributed by atoms with van der Waals surface area (Å²) in [6, 6.07) is 1.71. The van der Waals surface area contributed by atoms with Crippen LogP contribution in [0.3, 0.4) is 0 Å². The third-order valence-electron chi connectivity index (χ3n) is 2.67. The predicted molar refractivity (Wildman–Crippen MR) is 66.7 cm³/mol. The van der Waals surface area contributed by atoms with Gasteiger partial charge < -0.3 is 8.94 Å². The molecule has 0 aliphatic rings. The highest BCUT2D eigenvalue weighted by molar-refractivity contribution is 7.85. The zero-order valence-corrected chi connectivity index (χ0v) is 11.7. The second kappa shape index (κ2) is 5.06. The van der Waals surface area contributed by atoms with Gasteiger partial charge in [0.05, 0.1) is 22.0 Å². The summed E-state index contributed by atoms with van der Waals surface area (Å²) in [7, 11) is -1.25. The molecule has 0 unspecified atom stereocenters. The predicted octanol–water partition coefficient (Wildman–Crippen LogP) is 2.96. The zero-order valence-electron chi connectivity index (χ0n) is 10.8. The van der Waals surface area contributed by atoms with E-state index in [1.165, 1.54) is 6.26 Å². The van der Waals surface area contributed by atoms with Crippen LogP contribution in [0.4, 0.5) is 0 Å². The zero-order chi connectivity index (χ0) is 13.3. The molecule has 2 aromatic heterocycles. The summed E-state index contributed by atoms with van der Waals surface area (Å²) in [5.74, 6) is 1.89. The number of nitrogens with zero attached hydrogens (tertiary/aromatic N) is 2. The highest BCUT2D eigenvalue weighted by atomic mass is 32.2. The molecule has 0 saturated heterocycles. The van der Waals surface area contributed by atoms with E-state index in [9.17, 15) is 4.21 Å². The summed E-state index contributed by atoms with van der Waals surface area (Å²) in [6.07, 6.45) is 1.53. The number of hydrogen-bond acceptors (Lipinski definition) is 5. The number of aryl methyl sites for hydroxylation is 1. The van der Waals surface area contributed by atoms with Crippen LogP contribution < -0.4 is 0 Å². The first-order chi connectivity index (χ1) is 8.50. The van der Waals surface area contributed by atoms with E-state index >= 15 is 0 Å². The first-order valence-corrected chi connectivity index (χ1v) is 7.00. The Morgan fingerprint density at radius 3 is 2.56 bits per heavy atom. The van der Waals surface area contributed by atoms with Gasteiger partial charge in [-0.15, -0.1) is 0 Å². The van der Waals surface area contributed by atoms with E-state index in [0.717, 1.165) is 0 Å². The lowest BCUT2D eigenvalue weighted by Crippen LogP contribution is -2.04. The van der Waals surface area contributed by atoms with Gasteiger partial charge in [-0.25, -0.2) is 0 Å². The lowest BCUT2D eigenvalue weighted by Gasteiger charge is -2.05. The fourth-order valence-electron chi connectivity index (χ4n) is 1.51. The summed E-state index contributed by atoms with van der Waals surface area (Å²) >= 11 is 0. The maximum Gasteiger partial charge on any atom is 0.242 e. The minimum atomic E-state index is -1.25. The molecule has 5 nitrogen and oxygen atoms in total. The van der Waals surface area contributed by atoms with E-state index < -0.39 is 10.8 Å². The molecule has 98 valence electrons. The molecule has 0 N–H and O–H groups in total. The topological polar surface area (TPSA) is 69.1 Å². The molecule has 0 amide bonds. The summed E-state index contributed by atoms with van der Waals surface area (Å²) in [4.78, 5) is 4.94. The number of hydrogen-bond donors (Lipinski definition) is 0. The maximum atomic E-state index is 12.3. The SMILES string of the molecule is Cc1occc1[S@](=O)[C@@H](C)c1nc(C(C)C)no1. The first-order valence-electron chi connectivity index (χ1n) is 5.79. The lowest BCUT2D eigenvalue weighted by atomic mass is 10.2. The van der Waals surface area contributed by atoms with Gasteiger partial charge in [-0.05, 0) is 19.9 Å². The molecule has 2 aromatic rings. The third-order valence-corrected chi connectivity index (χ3v) is 4.37. The smallest absolute Gasteiger partial charge is 0.242 e. The molecule has 2 atom stereocenters. The molecule has 0 saturated carbocycles. The Kier molecular flexibility index (Phi) is 3.65. The van der Waals surface area contributed by atoms with Crippen LogP contribution in [-0.2, 0) is 10.8 Å². The number of rotatable bonds is 4. The Hall–Kier alpha value is -1.43. The molecule has 2 heterocycles. The number of aromatic nitrogens is 2. The van der Waals surface area contributed by atoms with Gasteiger partial charge in [0, 0.05) is 5.92 Å². The van der Waals surface area contributed by atoms with Crippen molar-refractivity contribution < 1.29 is 13.1 Å². The Labute approximate surface area is 108 Å². The van der Waals surface area contributed by atoms with Crippen LogP contribution in [0.2, 0.25) is 0 Å². The molecular formula is C12H16N2O3S. The van der Waals surface area contributed by atoms with E-state index in [2.05, 4.69) is 10.1 Å².